The van der Waals surface area contributed by atoms with Gasteiger partial charge in [-0.1, -0.05) is 43.3 Å². The lowest BCUT2D eigenvalue weighted by atomic mass is 10.0. The number of aliphatic carboxylic acids is 1. The normalized spacial score (nSPS) is 11.4. The Morgan fingerprint density at radius 1 is 1.03 bits per heavy atom. The fourth-order valence-electron chi connectivity index (χ4n) is 3.45. The van der Waals surface area contributed by atoms with Crippen LogP contribution in [0.4, 0.5) is 25.0 Å². The number of rotatable bonds is 10. The molecule has 35 heavy (non-hydrogen) atoms. The summed E-state index contributed by atoms with van der Waals surface area (Å²) in [4.78, 5) is 36.5. The average Bonchev–Trinajstić information content (AvgIpc) is 2.85. The lowest BCUT2D eigenvalue weighted by molar-refractivity contribution is -0.139. The van der Waals surface area contributed by atoms with E-state index in [1.807, 2.05) is 24.3 Å². The summed E-state index contributed by atoms with van der Waals surface area (Å²) in [5, 5.41) is 11.7. The second kappa shape index (κ2) is 11.7. The largest absolute Gasteiger partial charge is 0.480 e. The zero-order valence-corrected chi connectivity index (χ0v) is 18.9. The van der Waals surface area contributed by atoms with Crippen molar-refractivity contribution in [3.63, 3.8) is 0 Å². The fourth-order valence-corrected chi connectivity index (χ4v) is 3.45. The number of aryl methyl sites for hydroxylation is 1. The van der Waals surface area contributed by atoms with E-state index in [9.17, 15) is 28.3 Å². The summed E-state index contributed by atoms with van der Waals surface area (Å²) in [5.41, 5.74) is 3.17. The number of nitrogens with zero attached hydrogens (tertiary/aromatic N) is 1. The number of carboxylic acid groups (broad SMARTS) is 1. The molecule has 0 unspecified atom stereocenters. The third kappa shape index (κ3) is 6.63. The van der Waals surface area contributed by atoms with Gasteiger partial charge in [0.1, 0.15) is 17.7 Å². The molecular formula is C26H24F2N2O5. The molecule has 0 saturated carbocycles. The molecule has 0 aliphatic heterocycles. The van der Waals surface area contributed by atoms with Crippen LogP contribution in [0.15, 0.2) is 66.7 Å². The summed E-state index contributed by atoms with van der Waals surface area (Å²) in [7, 11) is 0. The molecule has 0 spiro atoms. The number of ether oxygens (including phenoxy) is 1. The maximum Gasteiger partial charge on any atom is 0.411 e. The van der Waals surface area contributed by atoms with Crippen LogP contribution in [-0.2, 0) is 20.7 Å². The number of carbonyl (C=O) groups excluding carboxylic acids is 2. The van der Waals surface area contributed by atoms with Crippen LogP contribution in [0.25, 0.3) is 11.1 Å². The SMILES string of the molecule is CCc1ccc(-c2ccc(N(C=O)[C@@H](CCOC(=O)Nc3ccc(F)cc3F)C(=O)O)cc2)cc1. The first-order valence-electron chi connectivity index (χ1n) is 10.9. The molecule has 9 heteroatoms. The van der Waals surface area contributed by atoms with Crippen LogP contribution < -0.4 is 10.2 Å². The van der Waals surface area contributed by atoms with Crippen molar-refractivity contribution in [3.8, 4) is 11.1 Å². The molecule has 3 aromatic rings. The number of anilines is 2. The number of nitrogens with one attached hydrogen (secondary N) is 1. The Labute approximate surface area is 200 Å². The fraction of sp³-hybridized carbons (Fsp3) is 0.192. The molecule has 0 heterocycles. The maximum absolute atomic E-state index is 13.6. The predicted octanol–water partition coefficient (Wildman–Crippen LogP) is 5.25. The number of hydrogen-bond acceptors (Lipinski definition) is 4. The van der Waals surface area contributed by atoms with Crippen molar-refractivity contribution in [3.05, 3.63) is 83.9 Å². The van der Waals surface area contributed by atoms with E-state index < -0.39 is 29.7 Å². The molecule has 7 nitrogen and oxygen atoms in total. The Hall–Kier alpha value is -4.27. The van der Waals surface area contributed by atoms with Gasteiger partial charge < -0.3 is 14.7 Å². The summed E-state index contributed by atoms with van der Waals surface area (Å²) in [5.74, 6) is -3.07. The Kier molecular flexibility index (Phi) is 8.50. The van der Waals surface area contributed by atoms with E-state index in [1.54, 1.807) is 24.3 Å². The maximum atomic E-state index is 13.6. The third-order valence-corrected chi connectivity index (χ3v) is 5.39. The van der Waals surface area contributed by atoms with Gasteiger partial charge in [0.2, 0.25) is 6.41 Å². The van der Waals surface area contributed by atoms with Crippen LogP contribution in [0, 0.1) is 11.6 Å². The molecule has 0 radical (unpaired) electrons. The van der Waals surface area contributed by atoms with Crippen LogP contribution in [0.3, 0.4) is 0 Å². The minimum atomic E-state index is -1.31. The van der Waals surface area contributed by atoms with Gasteiger partial charge in [-0.3, -0.25) is 10.1 Å². The molecule has 0 saturated heterocycles. The summed E-state index contributed by atoms with van der Waals surface area (Å²) >= 11 is 0. The molecule has 3 rings (SSSR count). The van der Waals surface area contributed by atoms with Crippen molar-refractivity contribution in [2.24, 2.45) is 0 Å². The minimum Gasteiger partial charge on any atom is -0.480 e. The average molecular weight is 482 g/mol. The van der Waals surface area contributed by atoms with Crippen LogP contribution >= 0.6 is 0 Å². The van der Waals surface area contributed by atoms with Crippen LogP contribution in [0.1, 0.15) is 18.9 Å². The van der Waals surface area contributed by atoms with E-state index in [1.165, 1.54) is 5.56 Å². The number of amides is 2. The summed E-state index contributed by atoms with van der Waals surface area (Å²) < 4.78 is 31.5. The number of benzene rings is 3. The minimum absolute atomic E-state index is 0.215. The Bertz CT molecular complexity index is 1180. The first-order valence-corrected chi connectivity index (χ1v) is 10.9. The van der Waals surface area contributed by atoms with Gasteiger partial charge in [0, 0.05) is 18.2 Å². The summed E-state index contributed by atoms with van der Waals surface area (Å²) in [6, 6.07) is 16.2. The first kappa shape index (κ1) is 25.4. The molecule has 182 valence electrons. The van der Waals surface area contributed by atoms with E-state index in [0.717, 1.165) is 34.6 Å². The first-order chi connectivity index (χ1) is 16.8. The van der Waals surface area contributed by atoms with E-state index in [-0.39, 0.29) is 18.7 Å². The van der Waals surface area contributed by atoms with E-state index >= 15 is 0 Å². The van der Waals surface area contributed by atoms with Crippen molar-refractivity contribution >= 4 is 29.8 Å². The topological polar surface area (TPSA) is 95.9 Å². The van der Waals surface area contributed by atoms with Crippen LogP contribution in [0.2, 0.25) is 0 Å². The predicted molar refractivity (Wildman–Crippen MR) is 127 cm³/mol. The molecule has 0 aliphatic rings. The highest BCUT2D eigenvalue weighted by Crippen LogP contribution is 2.25. The van der Waals surface area contributed by atoms with E-state index in [4.69, 9.17) is 4.74 Å². The Morgan fingerprint density at radius 2 is 1.66 bits per heavy atom. The number of hydrogen-bond donors (Lipinski definition) is 2. The monoisotopic (exact) mass is 482 g/mol. The molecule has 1 atom stereocenters. The van der Waals surface area contributed by atoms with E-state index in [2.05, 4.69) is 12.2 Å². The molecule has 2 amide bonds. The molecule has 0 fully saturated rings. The molecule has 2 N–H and O–H groups in total. The zero-order valence-electron chi connectivity index (χ0n) is 18.9. The van der Waals surface area contributed by atoms with Gasteiger partial charge in [-0.2, -0.15) is 0 Å². The molecular weight excluding hydrogens is 458 g/mol. The molecule has 0 aliphatic carbocycles. The third-order valence-electron chi connectivity index (χ3n) is 5.39. The van der Waals surface area contributed by atoms with Gasteiger partial charge in [0.25, 0.3) is 0 Å². The Morgan fingerprint density at radius 3 is 2.20 bits per heavy atom. The molecule has 0 bridgehead atoms. The van der Waals surface area contributed by atoms with Crippen molar-refractivity contribution in [2.45, 2.75) is 25.8 Å². The van der Waals surface area contributed by atoms with Gasteiger partial charge in [-0.25, -0.2) is 18.4 Å². The molecule has 0 aromatic heterocycles. The number of carboxylic acids is 1. The van der Waals surface area contributed by atoms with Crippen molar-refractivity contribution in [1.29, 1.82) is 0 Å². The van der Waals surface area contributed by atoms with Crippen molar-refractivity contribution in [2.75, 3.05) is 16.8 Å². The van der Waals surface area contributed by atoms with Crippen LogP contribution in [0.5, 0.6) is 0 Å². The summed E-state index contributed by atoms with van der Waals surface area (Å²) in [6.07, 6.45) is 0.0695. The highest BCUT2D eigenvalue weighted by molar-refractivity contribution is 5.88. The number of halogens is 2. The van der Waals surface area contributed by atoms with Gasteiger partial charge >= 0.3 is 12.1 Å². The lowest BCUT2D eigenvalue weighted by Crippen LogP contribution is -2.41. The quantitative estimate of drug-likeness (QED) is 0.385. The summed E-state index contributed by atoms with van der Waals surface area (Å²) in [6.45, 7) is 1.71. The van der Waals surface area contributed by atoms with Crippen LogP contribution in [-0.4, -0.2) is 36.2 Å². The van der Waals surface area contributed by atoms with Gasteiger partial charge in [0.15, 0.2) is 0 Å². The Balaban J connectivity index is 1.63. The second-order valence-electron chi connectivity index (χ2n) is 7.64. The highest BCUT2D eigenvalue weighted by Gasteiger charge is 2.26. The van der Waals surface area contributed by atoms with Gasteiger partial charge in [-0.15, -0.1) is 0 Å². The molecule has 3 aromatic carbocycles. The standard InChI is InChI=1S/C26H24F2N2O5/c1-2-17-3-5-18(6-4-17)19-7-10-21(11-8-19)30(16-31)24(25(32)33)13-14-35-26(34)29-23-12-9-20(27)15-22(23)28/h3-12,15-16,24H,2,13-14H2,1H3,(H,29,34)(H,32,33)/t24-/m0/s1. The smallest absolute Gasteiger partial charge is 0.411 e. The van der Waals surface area contributed by atoms with Crippen molar-refractivity contribution in [1.82, 2.24) is 0 Å². The lowest BCUT2D eigenvalue weighted by Gasteiger charge is -2.25. The zero-order chi connectivity index (χ0) is 25.4. The van der Waals surface area contributed by atoms with Crippen molar-refractivity contribution < 1.29 is 33.0 Å². The van der Waals surface area contributed by atoms with Gasteiger partial charge in [-0.05, 0) is 47.4 Å². The number of carbonyl (C=O) groups is 3. The highest BCUT2D eigenvalue weighted by atomic mass is 19.1. The van der Waals surface area contributed by atoms with E-state index in [0.29, 0.717) is 18.2 Å². The second-order valence-corrected chi connectivity index (χ2v) is 7.64. The van der Waals surface area contributed by atoms with Gasteiger partial charge in [0.05, 0.1) is 12.3 Å².